The third kappa shape index (κ3) is 5.06. The van der Waals surface area contributed by atoms with Crippen LogP contribution in [0.1, 0.15) is 23.2 Å². The fourth-order valence-corrected chi connectivity index (χ4v) is 2.45. The lowest BCUT2D eigenvalue weighted by Gasteiger charge is -2.10. The maximum atomic E-state index is 13.9. The Balaban J connectivity index is 1.57. The van der Waals surface area contributed by atoms with Crippen molar-refractivity contribution in [3.8, 4) is 5.75 Å². The lowest BCUT2D eigenvalue weighted by molar-refractivity contribution is -0.118. The van der Waals surface area contributed by atoms with Gasteiger partial charge in [0.2, 0.25) is 5.91 Å². The Morgan fingerprint density at radius 1 is 1.11 bits per heavy atom. The summed E-state index contributed by atoms with van der Waals surface area (Å²) in [5.41, 5.74) is 0.535. The quantitative estimate of drug-likeness (QED) is 0.714. The first kappa shape index (κ1) is 19.3. The van der Waals surface area contributed by atoms with Crippen LogP contribution in [0.15, 0.2) is 42.5 Å². The maximum absolute atomic E-state index is 13.9. The van der Waals surface area contributed by atoms with Crippen LogP contribution in [0.2, 0.25) is 0 Å². The summed E-state index contributed by atoms with van der Waals surface area (Å²) in [6.45, 7) is -0.373. The molecule has 0 radical (unpaired) electrons. The lowest BCUT2D eigenvalue weighted by atomic mass is 10.2. The second-order valence-electron chi connectivity index (χ2n) is 6.31. The molecule has 0 spiro atoms. The normalized spacial score (nSPS) is 12.8. The maximum Gasteiger partial charge on any atom is 0.337 e. The van der Waals surface area contributed by atoms with E-state index in [9.17, 15) is 18.8 Å². The number of hydrogen-bond acceptors (Lipinski definition) is 5. The van der Waals surface area contributed by atoms with Crippen molar-refractivity contribution in [2.24, 2.45) is 5.92 Å². The zero-order valence-electron chi connectivity index (χ0n) is 15.2. The van der Waals surface area contributed by atoms with Crippen LogP contribution < -0.4 is 15.4 Å². The minimum absolute atomic E-state index is 0.0316. The molecule has 1 aliphatic carbocycles. The summed E-state index contributed by atoms with van der Waals surface area (Å²) in [6, 6.07) is 10.2. The molecular formula is C20H19FN2O5. The number of nitrogens with one attached hydrogen (secondary N) is 2. The molecule has 1 aliphatic rings. The van der Waals surface area contributed by atoms with Crippen LogP contribution in [0.4, 0.5) is 15.8 Å². The summed E-state index contributed by atoms with van der Waals surface area (Å²) in [7, 11) is 1.21. The van der Waals surface area contributed by atoms with Crippen LogP contribution in [0, 0.1) is 11.7 Å². The van der Waals surface area contributed by atoms with E-state index in [1.807, 2.05) is 0 Å². The van der Waals surface area contributed by atoms with Crippen molar-refractivity contribution in [3.63, 3.8) is 0 Å². The Hall–Kier alpha value is -3.42. The first-order valence-corrected chi connectivity index (χ1v) is 8.67. The van der Waals surface area contributed by atoms with Gasteiger partial charge in [0.05, 0.1) is 18.4 Å². The molecule has 2 aromatic carbocycles. The molecule has 1 fully saturated rings. The van der Waals surface area contributed by atoms with Gasteiger partial charge in [-0.2, -0.15) is 0 Å². The molecule has 0 heterocycles. The fraction of sp³-hybridized carbons (Fsp3) is 0.250. The van der Waals surface area contributed by atoms with Gasteiger partial charge in [-0.05, 0) is 43.2 Å². The van der Waals surface area contributed by atoms with E-state index in [1.165, 1.54) is 19.2 Å². The third-order valence-electron chi connectivity index (χ3n) is 4.08. The van der Waals surface area contributed by atoms with Crippen LogP contribution in [0.3, 0.4) is 0 Å². The van der Waals surface area contributed by atoms with Gasteiger partial charge in [-0.3, -0.25) is 9.59 Å². The Morgan fingerprint density at radius 3 is 2.61 bits per heavy atom. The first-order chi connectivity index (χ1) is 13.5. The number of amides is 2. The third-order valence-corrected chi connectivity index (χ3v) is 4.08. The van der Waals surface area contributed by atoms with Crippen LogP contribution in [-0.2, 0) is 14.3 Å². The fourth-order valence-electron chi connectivity index (χ4n) is 2.45. The summed E-state index contributed by atoms with van der Waals surface area (Å²) in [6.07, 6.45) is 1.80. The number of carbonyl (C=O) groups is 3. The standard InChI is InChI=1S/C20H19FN2O5/c1-27-20(26)13-7-8-16(21)17(9-13)23-18(24)11-28-15-4-2-3-14(10-15)22-19(25)12-5-6-12/h2-4,7-10,12H,5-6,11H2,1H3,(H,22,25)(H,23,24). The van der Waals surface area contributed by atoms with Gasteiger partial charge in [0.25, 0.3) is 5.91 Å². The van der Waals surface area contributed by atoms with Crippen LogP contribution in [-0.4, -0.2) is 31.5 Å². The monoisotopic (exact) mass is 386 g/mol. The van der Waals surface area contributed by atoms with E-state index in [0.717, 1.165) is 18.9 Å². The van der Waals surface area contributed by atoms with Crippen LogP contribution >= 0.6 is 0 Å². The molecule has 0 atom stereocenters. The van der Waals surface area contributed by atoms with E-state index in [1.54, 1.807) is 24.3 Å². The van der Waals surface area contributed by atoms with Crippen molar-refractivity contribution in [3.05, 3.63) is 53.8 Å². The second kappa shape index (κ2) is 8.51. The number of hydrogen-bond donors (Lipinski definition) is 2. The molecule has 0 aliphatic heterocycles. The largest absolute Gasteiger partial charge is 0.484 e. The smallest absolute Gasteiger partial charge is 0.337 e. The molecule has 2 amide bonds. The Morgan fingerprint density at radius 2 is 1.89 bits per heavy atom. The zero-order valence-corrected chi connectivity index (χ0v) is 15.2. The van der Waals surface area contributed by atoms with E-state index >= 15 is 0 Å². The SMILES string of the molecule is COC(=O)c1ccc(F)c(NC(=O)COc2cccc(NC(=O)C3CC3)c2)c1. The minimum Gasteiger partial charge on any atom is -0.484 e. The molecule has 8 heteroatoms. The molecule has 28 heavy (non-hydrogen) atoms. The highest BCUT2D eigenvalue weighted by molar-refractivity contribution is 5.95. The number of ether oxygens (including phenoxy) is 2. The summed E-state index contributed by atoms with van der Waals surface area (Å²) >= 11 is 0. The summed E-state index contributed by atoms with van der Waals surface area (Å²) in [5.74, 6) is -1.51. The van der Waals surface area contributed by atoms with Crippen LogP contribution in [0.5, 0.6) is 5.75 Å². The second-order valence-corrected chi connectivity index (χ2v) is 6.31. The molecule has 0 saturated heterocycles. The van der Waals surface area contributed by atoms with E-state index in [-0.39, 0.29) is 29.7 Å². The van der Waals surface area contributed by atoms with Crippen molar-refractivity contribution < 1.29 is 28.2 Å². The number of rotatable bonds is 7. The molecule has 146 valence electrons. The first-order valence-electron chi connectivity index (χ1n) is 8.67. The average Bonchev–Trinajstić information content (AvgIpc) is 3.53. The number of methoxy groups -OCH3 is 1. The van der Waals surface area contributed by atoms with Gasteiger partial charge in [-0.1, -0.05) is 6.07 Å². The highest BCUT2D eigenvalue weighted by Gasteiger charge is 2.29. The average molecular weight is 386 g/mol. The van der Waals surface area contributed by atoms with Gasteiger partial charge in [-0.15, -0.1) is 0 Å². The van der Waals surface area contributed by atoms with Gasteiger partial charge in [0.1, 0.15) is 11.6 Å². The Kier molecular flexibility index (Phi) is 5.88. The van der Waals surface area contributed by atoms with Crippen molar-refractivity contribution in [2.45, 2.75) is 12.8 Å². The highest BCUT2D eigenvalue weighted by Crippen LogP contribution is 2.30. The zero-order chi connectivity index (χ0) is 20.1. The van der Waals surface area contributed by atoms with Gasteiger partial charge in [0.15, 0.2) is 6.61 Å². The predicted octanol–water partition coefficient (Wildman–Crippen LogP) is 2.98. The van der Waals surface area contributed by atoms with E-state index in [0.29, 0.717) is 11.4 Å². The topological polar surface area (TPSA) is 93.7 Å². The molecule has 2 aromatic rings. The summed E-state index contributed by atoms with van der Waals surface area (Å²) in [5, 5.41) is 5.14. The van der Waals surface area contributed by atoms with E-state index < -0.39 is 17.7 Å². The molecule has 3 rings (SSSR count). The van der Waals surface area contributed by atoms with Gasteiger partial charge in [0, 0.05) is 17.7 Å². The van der Waals surface area contributed by atoms with Gasteiger partial charge < -0.3 is 20.1 Å². The molecule has 0 aromatic heterocycles. The Bertz CT molecular complexity index is 911. The molecular weight excluding hydrogens is 367 g/mol. The van der Waals surface area contributed by atoms with E-state index in [2.05, 4.69) is 15.4 Å². The lowest BCUT2D eigenvalue weighted by Crippen LogP contribution is -2.21. The van der Waals surface area contributed by atoms with Crippen molar-refractivity contribution >= 4 is 29.2 Å². The van der Waals surface area contributed by atoms with Crippen LogP contribution in [0.25, 0.3) is 0 Å². The minimum atomic E-state index is -0.689. The molecule has 2 N–H and O–H groups in total. The predicted molar refractivity (Wildman–Crippen MR) is 99.7 cm³/mol. The summed E-state index contributed by atoms with van der Waals surface area (Å²) < 4.78 is 23.8. The van der Waals surface area contributed by atoms with Gasteiger partial charge >= 0.3 is 5.97 Å². The highest BCUT2D eigenvalue weighted by atomic mass is 19.1. The van der Waals surface area contributed by atoms with E-state index in [4.69, 9.17) is 4.74 Å². The number of anilines is 2. The van der Waals surface area contributed by atoms with Crippen molar-refractivity contribution in [2.75, 3.05) is 24.4 Å². The number of esters is 1. The number of carbonyl (C=O) groups excluding carboxylic acids is 3. The van der Waals surface area contributed by atoms with Gasteiger partial charge in [-0.25, -0.2) is 9.18 Å². The van der Waals surface area contributed by atoms with Crippen molar-refractivity contribution in [1.82, 2.24) is 0 Å². The molecule has 7 nitrogen and oxygen atoms in total. The summed E-state index contributed by atoms with van der Waals surface area (Å²) in [4.78, 5) is 35.4. The number of halogens is 1. The molecule has 1 saturated carbocycles. The number of benzene rings is 2. The molecule has 0 bridgehead atoms. The molecule has 0 unspecified atom stereocenters. The Labute approximate surface area is 160 Å². The van der Waals surface area contributed by atoms with Crippen molar-refractivity contribution in [1.29, 1.82) is 0 Å².